The molecule has 3 rings (SSSR count). The number of nitrogen functional groups attached to an aromatic ring is 1. The lowest BCUT2D eigenvalue weighted by atomic mass is 10.1. The van der Waals surface area contributed by atoms with Crippen molar-refractivity contribution in [1.82, 2.24) is 4.98 Å². The molecule has 118 valence electrons. The molecule has 0 aliphatic rings. The Morgan fingerprint density at radius 2 is 1.87 bits per heavy atom. The van der Waals surface area contributed by atoms with Gasteiger partial charge in [0.15, 0.2) is 5.13 Å². The second-order valence-corrected chi connectivity index (χ2v) is 6.80. The van der Waals surface area contributed by atoms with Gasteiger partial charge < -0.3 is 10.5 Å². The summed E-state index contributed by atoms with van der Waals surface area (Å²) in [6.07, 6.45) is 0.971. The zero-order valence-electron chi connectivity index (χ0n) is 13.3. The zero-order valence-corrected chi connectivity index (χ0v) is 14.1. The summed E-state index contributed by atoms with van der Waals surface area (Å²) in [5.74, 6) is 0.899. The molecule has 0 aliphatic heterocycles. The maximum Gasteiger partial charge on any atom is 0.180 e. The van der Waals surface area contributed by atoms with Crippen molar-refractivity contribution < 1.29 is 4.74 Å². The molecular weight excluding hydrogens is 304 g/mol. The molecule has 0 unspecified atom stereocenters. The first kappa shape index (κ1) is 15.6. The summed E-state index contributed by atoms with van der Waals surface area (Å²) in [5, 5.41) is 0.605. The highest BCUT2D eigenvalue weighted by atomic mass is 32.1. The van der Waals surface area contributed by atoms with Crippen molar-refractivity contribution in [2.45, 2.75) is 26.4 Å². The molecule has 0 atom stereocenters. The number of aromatic nitrogens is 1. The topological polar surface area (TPSA) is 48.1 Å². The van der Waals surface area contributed by atoms with Gasteiger partial charge in [-0.3, -0.25) is 0 Å². The Balaban J connectivity index is 1.89. The molecule has 3 nitrogen and oxygen atoms in total. The standard InChI is InChI=1S/C19H20N2OS/c1-13(2)22-16-10-6-7-14(11-16)12-17-18(21-19(20)23-17)15-8-4-3-5-9-15/h3-11,13H,12H2,1-2H3,(H2,20,21). The number of hydrogen-bond donors (Lipinski definition) is 1. The van der Waals surface area contributed by atoms with Crippen LogP contribution in [0.3, 0.4) is 0 Å². The molecule has 1 heterocycles. The summed E-state index contributed by atoms with van der Waals surface area (Å²) >= 11 is 1.55. The Kier molecular flexibility index (Phi) is 4.63. The van der Waals surface area contributed by atoms with E-state index in [1.165, 1.54) is 10.4 Å². The first-order valence-corrected chi connectivity index (χ1v) is 8.49. The molecule has 0 saturated heterocycles. The van der Waals surface area contributed by atoms with Crippen molar-refractivity contribution in [3.63, 3.8) is 0 Å². The monoisotopic (exact) mass is 324 g/mol. The molecule has 0 saturated carbocycles. The lowest BCUT2D eigenvalue weighted by Crippen LogP contribution is -2.05. The maximum absolute atomic E-state index is 5.95. The first-order chi connectivity index (χ1) is 11.1. The fraction of sp³-hybridized carbons (Fsp3) is 0.211. The molecule has 3 aromatic rings. The van der Waals surface area contributed by atoms with E-state index in [1.807, 2.05) is 44.2 Å². The number of thiazole rings is 1. The van der Waals surface area contributed by atoms with Gasteiger partial charge in [0.25, 0.3) is 0 Å². The van der Waals surface area contributed by atoms with Crippen molar-refractivity contribution in [3.05, 3.63) is 65.0 Å². The normalized spacial score (nSPS) is 10.9. The molecule has 2 aromatic carbocycles. The van der Waals surface area contributed by atoms with E-state index >= 15 is 0 Å². The molecule has 0 radical (unpaired) electrons. The van der Waals surface area contributed by atoms with Crippen molar-refractivity contribution in [2.24, 2.45) is 0 Å². The van der Waals surface area contributed by atoms with Crippen LogP contribution in [0.5, 0.6) is 5.75 Å². The number of nitrogens with two attached hydrogens (primary N) is 1. The van der Waals surface area contributed by atoms with Gasteiger partial charge in [-0.2, -0.15) is 0 Å². The largest absolute Gasteiger partial charge is 0.491 e. The lowest BCUT2D eigenvalue weighted by Gasteiger charge is -2.11. The number of rotatable bonds is 5. The first-order valence-electron chi connectivity index (χ1n) is 7.68. The van der Waals surface area contributed by atoms with E-state index in [0.29, 0.717) is 5.13 Å². The fourth-order valence-electron chi connectivity index (χ4n) is 2.50. The summed E-state index contributed by atoms with van der Waals surface area (Å²) in [7, 11) is 0. The second-order valence-electron chi connectivity index (χ2n) is 5.68. The average molecular weight is 324 g/mol. The third kappa shape index (κ3) is 3.90. The van der Waals surface area contributed by atoms with Crippen molar-refractivity contribution in [3.8, 4) is 17.0 Å². The van der Waals surface area contributed by atoms with Crippen molar-refractivity contribution in [2.75, 3.05) is 5.73 Å². The van der Waals surface area contributed by atoms with Crippen molar-refractivity contribution >= 4 is 16.5 Å². The Bertz CT molecular complexity index is 781. The van der Waals surface area contributed by atoms with Crippen LogP contribution in [0.1, 0.15) is 24.3 Å². The van der Waals surface area contributed by atoms with Crippen LogP contribution >= 0.6 is 11.3 Å². The molecule has 1 aromatic heterocycles. The molecule has 0 aliphatic carbocycles. The van der Waals surface area contributed by atoms with Crippen LogP contribution in [0.2, 0.25) is 0 Å². The Labute approximate surface area is 140 Å². The summed E-state index contributed by atoms with van der Waals surface area (Å²) < 4.78 is 5.78. The molecular formula is C19H20N2OS. The SMILES string of the molecule is CC(C)Oc1cccc(Cc2sc(N)nc2-c2ccccc2)c1. The van der Waals surface area contributed by atoms with Gasteiger partial charge in [0, 0.05) is 16.9 Å². The number of hydrogen-bond acceptors (Lipinski definition) is 4. The van der Waals surface area contributed by atoms with E-state index in [4.69, 9.17) is 10.5 Å². The summed E-state index contributed by atoms with van der Waals surface area (Å²) in [6, 6.07) is 18.4. The molecule has 4 heteroatoms. The van der Waals surface area contributed by atoms with Crippen LogP contribution in [0.25, 0.3) is 11.3 Å². The van der Waals surface area contributed by atoms with Gasteiger partial charge >= 0.3 is 0 Å². The van der Waals surface area contributed by atoms with Gasteiger partial charge in [0.05, 0.1) is 11.8 Å². The van der Waals surface area contributed by atoms with E-state index in [0.717, 1.165) is 23.4 Å². The van der Waals surface area contributed by atoms with Gasteiger partial charge in [0.2, 0.25) is 0 Å². The minimum atomic E-state index is 0.171. The van der Waals surface area contributed by atoms with Crippen LogP contribution in [-0.4, -0.2) is 11.1 Å². The van der Waals surface area contributed by atoms with E-state index in [1.54, 1.807) is 11.3 Å². The third-order valence-electron chi connectivity index (χ3n) is 3.40. The summed E-state index contributed by atoms with van der Waals surface area (Å²) in [5.41, 5.74) is 9.22. The minimum Gasteiger partial charge on any atom is -0.491 e. The predicted octanol–water partition coefficient (Wildman–Crippen LogP) is 4.77. The van der Waals surface area contributed by atoms with Crippen LogP contribution in [0.15, 0.2) is 54.6 Å². The Morgan fingerprint density at radius 1 is 1.09 bits per heavy atom. The molecule has 0 fully saturated rings. The van der Waals surface area contributed by atoms with Crippen molar-refractivity contribution in [1.29, 1.82) is 0 Å². The number of nitrogens with zero attached hydrogens (tertiary/aromatic N) is 1. The lowest BCUT2D eigenvalue weighted by molar-refractivity contribution is 0.242. The van der Waals surface area contributed by atoms with Gasteiger partial charge in [0.1, 0.15) is 5.75 Å². The number of anilines is 1. The molecule has 23 heavy (non-hydrogen) atoms. The van der Waals surface area contributed by atoms with Gasteiger partial charge in [-0.25, -0.2) is 4.98 Å². The second kappa shape index (κ2) is 6.84. The van der Waals surface area contributed by atoms with E-state index in [-0.39, 0.29) is 6.10 Å². The van der Waals surface area contributed by atoms with Gasteiger partial charge in [-0.1, -0.05) is 42.5 Å². The maximum atomic E-state index is 5.95. The van der Waals surface area contributed by atoms with Gasteiger partial charge in [-0.05, 0) is 31.5 Å². The van der Waals surface area contributed by atoms with Crippen LogP contribution < -0.4 is 10.5 Å². The van der Waals surface area contributed by atoms with Crippen LogP contribution in [0.4, 0.5) is 5.13 Å². The Morgan fingerprint density at radius 3 is 2.61 bits per heavy atom. The van der Waals surface area contributed by atoms with E-state index in [2.05, 4.69) is 29.2 Å². The highest BCUT2D eigenvalue weighted by molar-refractivity contribution is 7.15. The number of benzene rings is 2. The molecule has 0 bridgehead atoms. The smallest absolute Gasteiger partial charge is 0.180 e. The summed E-state index contributed by atoms with van der Waals surface area (Å²) in [4.78, 5) is 5.69. The highest BCUT2D eigenvalue weighted by Crippen LogP contribution is 2.32. The molecule has 0 spiro atoms. The van der Waals surface area contributed by atoms with E-state index in [9.17, 15) is 0 Å². The molecule has 2 N–H and O–H groups in total. The predicted molar refractivity (Wildman–Crippen MR) is 97.0 cm³/mol. The van der Waals surface area contributed by atoms with Crippen LogP contribution in [-0.2, 0) is 6.42 Å². The van der Waals surface area contributed by atoms with Crippen LogP contribution in [0, 0.1) is 0 Å². The molecule has 0 amide bonds. The number of ether oxygens (including phenoxy) is 1. The highest BCUT2D eigenvalue weighted by Gasteiger charge is 2.12. The Hall–Kier alpha value is -2.33. The third-order valence-corrected chi connectivity index (χ3v) is 4.28. The quantitative estimate of drug-likeness (QED) is 0.735. The fourth-order valence-corrected chi connectivity index (χ4v) is 3.39. The van der Waals surface area contributed by atoms with E-state index < -0.39 is 0 Å². The average Bonchev–Trinajstić information content (AvgIpc) is 2.88. The minimum absolute atomic E-state index is 0.171. The summed E-state index contributed by atoms with van der Waals surface area (Å²) in [6.45, 7) is 4.06. The van der Waals surface area contributed by atoms with Gasteiger partial charge in [-0.15, -0.1) is 11.3 Å². The zero-order chi connectivity index (χ0) is 16.2.